The number of carbonyl (C=O) groups excluding carboxylic acids is 1. The smallest absolute Gasteiger partial charge is 0.311 e. The van der Waals surface area contributed by atoms with E-state index in [0.717, 1.165) is 24.1 Å². The second kappa shape index (κ2) is 5.05. The Kier molecular flexibility index (Phi) is 3.09. The molecule has 1 aliphatic heterocycles. The average Bonchev–Trinajstić information content (AvgIpc) is 3.33. The number of benzene rings is 1. The van der Waals surface area contributed by atoms with E-state index in [1.54, 1.807) is 28.9 Å². The summed E-state index contributed by atoms with van der Waals surface area (Å²) in [4.78, 5) is 25.5. The zero-order valence-electron chi connectivity index (χ0n) is 13.4. The summed E-state index contributed by atoms with van der Waals surface area (Å²) in [5.74, 6) is 0.140. The molecule has 124 valence electrons. The van der Waals surface area contributed by atoms with E-state index >= 15 is 0 Å². The van der Waals surface area contributed by atoms with Crippen LogP contribution in [0.1, 0.15) is 18.5 Å². The fourth-order valence-electron chi connectivity index (χ4n) is 3.27. The Bertz CT molecular complexity index is 869. The van der Waals surface area contributed by atoms with E-state index in [1.807, 2.05) is 0 Å². The lowest BCUT2D eigenvalue weighted by atomic mass is 10.0. The van der Waals surface area contributed by atoms with Gasteiger partial charge in [0.2, 0.25) is 5.91 Å². The van der Waals surface area contributed by atoms with Crippen LogP contribution in [0.2, 0.25) is 0 Å². The van der Waals surface area contributed by atoms with Gasteiger partial charge in [0.1, 0.15) is 0 Å². The van der Waals surface area contributed by atoms with Crippen LogP contribution in [0.15, 0.2) is 18.3 Å². The number of amides is 1. The molecule has 0 N–H and O–H groups in total. The van der Waals surface area contributed by atoms with Crippen LogP contribution in [-0.4, -0.2) is 33.8 Å². The van der Waals surface area contributed by atoms with E-state index in [9.17, 15) is 14.9 Å². The highest BCUT2D eigenvalue weighted by molar-refractivity contribution is 6.03. The molecule has 1 amide bonds. The third-order valence-electron chi connectivity index (χ3n) is 4.60. The predicted molar refractivity (Wildman–Crippen MR) is 86.1 cm³/mol. The molecule has 8 nitrogen and oxygen atoms in total. The Labute approximate surface area is 137 Å². The number of ether oxygens (including phenoxy) is 1. The van der Waals surface area contributed by atoms with Crippen molar-refractivity contribution in [1.82, 2.24) is 9.78 Å². The maximum atomic E-state index is 12.8. The summed E-state index contributed by atoms with van der Waals surface area (Å²) in [6.45, 7) is 0. The molecule has 4 rings (SSSR count). The molecule has 0 atom stereocenters. The molecule has 8 heteroatoms. The molecule has 0 unspecified atom stereocenters. The summed E-state index contributed by atoms with van der Waals surface area (Å²) >= 11 is 0. The van der Waals surface area contributed by atoms with Gasteiger partial charge < -0.3 is 9.64 Å². The molecule has 1 fully saturated rings. The average molecular weight is 328 g/mol. The van der Waals surface area contributed by atoms with E-state index in [1.165, 1.54) is 13.2 Å². The number of fused-ring (bicyclic) bond motifs is 3. The van der Waals surface area contributed by atoms with Crippen molar-refractivity contribution in [1.29, 1.82) is 0 Å². The number of anilines is 1. The summed E-state index contributed by atoms with van der Waals surface area (Å²) in [7, 11) is 3.17. The summed E-state index contributed by atoms with van der Waals surface area (Å²) in [5.41, 5.74) is 2.73. The van der Waals surface area contributed by atoms with Crippen molar-refractivity contribution in [3.8, 4) is 16.9 Å². The van der Waals surface area contributed by atoms with E-state index in [0.29, 0.717) is 11.3 Å². The second-order valence-electron chi connectivity index (χ2n) is 6.10. The number of nitro benzene ring substituents is 1. The van der Waals surface area contributed by atoms with E-state index < -0.39 is 4.92 Å². The highest BCUT2D eigenvalue weighted by Gasteiger charge is 2.39. The van der Waals surface area contributed by atoms with Gasteiger partial charge in [-0.05, 0) is 12.8 Å². The summed E-state index contributed by atoms with van der Waals surface area (Å²) in [6.07, 6.45) is 3.78. The third kappa shape index (κ3) is 2.06. The van der Waals surface area contributed by atoms with Crippen molar-refractivity contribution < 1.29 is 14.5 Å². The topological polar surface area (TPSA) is 90.5 Å². The number of hydrogen-bond donors (Lipinski definition) is 0. The lowest BCUT2D eigenvalue weighted by molar-refractivity contribution is -0.385. The van der Waals surface area contributed by atoms with Gasteiger partial charge in [-0.1, -0.05) is 0 Å². The Balaban J connectivity index is 2.02. The number of nitrogens with zero attached hydrogens (tertiary/aromatic N) is 4. The lowest BCUT2D eigenvalue weighted by Crippen LogP contribution is -2.34. The van der Waals surface area contributed by atoms with Gasteiger partial charge in [-0.25, -0.2) is 0 Å². The van der Waals surface area contributed by atoms with Crippen molar-refractivity contribution in [3.63, 3.8) is 0 Å². The van der Waals surface area contributed by atoms with Gasteiger partial charge in [-0.2, -0.15) is 5.10 Å². The second-order valence-corrected chi connectivity index (χ2v) is 6.10. The number of methoxy groups -OCH3 is 1. The molecule has 2 aromatic rings. The highest BCUT2D eigenvalue weighted by Crippen LogP contribution is 2.46. The molecule has 2 heterocycles. The number of aromatic nitrogens is 2. The molecule has 0 bridgehead atoms. The molecule has 1 aromatic heterocycles. The highest BCUT2D eigenvalue weighted by atomic mass is 16.6. The van der Waals surface area contributed by atoms with Crippen LogP contribution in [0.25, 0.3) is 11.1 Å². The quantitative estimate of drug-likeness (QED) is 0.635. The molecule has 2 aliphatic rings. The van der Waals surface area contributed by atoms with Crippen LogP contribution in [-0.2, 0) is 18.3 Å². The SMILES string of the molecule is COc1cc2c(cc1[N+](=O)[O-])-c1cnn(C)c1CC(=O)N2C1CC1. The van der Waals surface area contributed by atoms with Crippen LogP contribution in [0.3, 0.4) is 0 Å². The number of carbonyl (C=O) groups is 1. The summed E-state index contributed by atoms with van der Waals surface area (Å²) in [6, 6.07) is 3.25. The molecule has 0 saturated heterocycles. The molecular weight excluding hydrogens is 312 g/mol. The van der Waals surface area contributed by atoms with Crippen molar-refractivity contribution >= 4 is 17.3 Å². The Hall–Kier alpha value is -2.90. The molecule has 1 saturated carbocycles. The van der Waals surface area contributed by atoms with Gasteiger partial charge in [0.05, 0.1) is 36.0 Å². The Morgan fingerprint density at radius 2 is 2.08 bits per heavy atom. The normalized spacial score (nSPS) is 16.4. The van der Waals surface area contributed by atoms with Gasteiger partial charge in [-0.3, -0.25) is 19.6 Å². The van der Waals surface area contributed by atoms with Gasteiger partial charge >= 0.3 is 5.69 Å². The third-order valence-corrected chi connectivity index (χ3v) is 4.60. The number of aryl methyl sites for hydroxylation is 1. The minimum absolute atomic E-state index is 0.0167. The zero-order chi connectivity index (χ0) is 17.0. The molecule has 1 aromatic carbocycles. The molecule has 1 aliphatic carbocycles. The Morgan fingerprint density at radius 1 is 1.33 bits per heavy atom. The summed E-state index contributed by atoms with van der Waals surface area (Å²) in [5, 5.41) is 15.6. The number of nitro groups is 1. The predicted octanol–water partition coefficient (Wildman–Crippen LogP) is 2.06. The minimum atomic E-state index is -0.469. The lowest BCUT2D eigenvalue weighted by Gasteiger charge is -2.23. The summed E-state index contributed by atoms with van der Waals surface area (Å²) < 4.78 is 6.85. The first-order valence-corrected chi connectivity index (χ1v) is 7.71. The first kappa shape index (κ1) is 14.7. The van der Waals surface area contributed by atoms with Gasteiger partial charge in [0, 0.05) is 36.3 Å². The monoisotopic (exact) mass is 328 g/mol. The maximum absolute atomic E-state index is 12.8. The largest absolute Gasteiger partial charge is 0.490 e. The molecule has 0 spiro atoms. The van der Waals surface area contributed by atoms with Crippen LogP contribution in [0.5, 0.6) is 5.75 Å². The van der Waals surface area contributed by atoms with Crippen molar-refractivity contribution in [3.05, 3.63) is 34.1 Å². The van der Waals surface area contributed by atoms with Crippen molar-refractivity contribution in [2.75, 3.05) is 12.0 Å². The molecule has 0 radical (unpaired) electrons. The van der Waals surface area contributed by atoms with Crippen molar-refractivity contribution in [2.45, 2.75) is 25.3 Å². The first-order chi connectivity index (χ1) is 11.5. The zero-order valence-corrected chi connectivity index (χ0v) is 13.4. The van der Waals surface area contributed by atoms with Crippen LogP contribution in [0, 0.1) is 10.1 Å². The van der Waals surface area contributed by atoms with Gasteiger partial charge in [0.25, 0.3) is 0 Å². The van der Waals surface area contributed by atoms with E-state index in [4.69, 9.17) is 4.74 Å². The number of rotatable bonds is 3. The number of hydrogen-bond acceptors (Lipinski definition) is 5. The van der Waals surface area contributed by atoms with Gasteiger partial charge in [-0.15, -0.1) is 0 Å². The van der Waals surface area contributed by atoms with E-state index in [2.05, 4.69) is 5.10 Å². The fraction of sp³-hybridized carbons (Fsp3) is 0.375. The first-order valence-electron chi connectivity index (χ1n) is 7.71. The van der Waals surface area contributed by atoms with Crippen molar-refractivity contribution in [2.24, 2.45) is 7.05 Å². The van der Waals surface area contributed by atoms with Crippen LogP contribution < -0.4 is 9.64 Å². The maximum Gasteiger partial charge on any atom is 0.311 e. The van der Waals surface area contributed by atoms with E-state index in [-0.39, 0.29) is 29.8 Å². The van der Waals surface area contributed by atoms with Crippen LogP contribution >= 0.6 is 0 Å². The molecular formula is C16H16N4O4. The van der Waals surface area contributed by atoms with Crippen LogP contribution in [0.4, 0.5) is 11.4 Å². The fourth-order valence-corrected chi connectivity index (χ4v) is 3.27. The molecule has 24 heavy (non-hydrogen) atoms. The standard InChI is InChI=1S/C16H16N4O4/c1-18-12-7-16(21)19(9-3-4-9)13-6-15(24-2)14(20(22)23)5-10(13)11(12)8-17-18/h5-6,8-9H,3-4,7H2,1-2H3. The van der Waals surface area contributed by atoms with Gasteiger partial charge in [0.15, 0.2) is 5.75 Å². The Morgan fingerprint density at radius 3 is 2.71 bits per heavy atom. The minimum Gasteiger partial charge on any atom is -0.490 e.